The van der Waals surface area contributed by atoms with Crippen molar-refractivity contribution >= 4 is 16.8 Å². The van der Waals surface area contributed by atoms with Crippen LogP contribution in [0.3, 0.4) is 0 Å². The van der Waals surface area contributed by atoms with Gasteiger partial charge in [0.25, 0.3) is 0 Å². The SMILES string of the molecule is O=C(Cc1c[nH]c2cc(F)ccc12)NCCC(O)c1ccccc1. The highest BCUT2D eigenvalue weighted by Crippen LogP contribution is 2.20. The van der Waals surface area contributed by atoms with Gasteiger partial charge in [0, 0.05) is 23.6 Å². The van der Waals surface area contributed by atoms with Crippen molar-refractivity contribution in [3.05, 3.63) is 71.7 Å². The van der Waals surface area contributed by atoms with Crippen LogP contribution >= 0.6 is 0 Å². The molecular weight excluding hydrogens is 307 g/mol. The van der Waals surface area contributed by atoms with Crippen molar-refractivity contribution in [1.29, 1.82) is 0 Å². The molecule has 0 aliphatic rings. The quantitative estimate of drug-likeness (QED) is 0.652. The largest absolute Gasteiger partial charge is 0.388 e. The van der Waals surface area contributed by atoms with Crippen molar-refractivity contribution in [2.24, 2.45) is 0 Å². The topological polar surface area (TPSA) is 65.1 Å². The van der Waals surface area contributed by atoms with Gasteiger partial charge >= 0.3 is 0 Å². The summed E-state index contributed by atoms with van der Waals surface area (Å²) in [5.74, 6) is -0.435. The van der Waals surface area contributed by atoms with Crippen LogP contribution in [-0.2, 0) is 11.2 Å². The van der Waals surface area contributed by atoms with E-state index in [1.807, 2.05) is 30.3 Å². The first-order valence-electron chi connectivity index (χ1n) is 7.88. The fourth-order valence-electron chi connectivity index (χ4n) is 2.73. The molecular formula is C19H19FN2O2. The Morgan fingerprint density at radius 2 is 2.00 bits per heavy atom. The average molecular weight is 326 g/mol. The van der Waals surface area contributed by atoms with Gasteiger partial charge in [0.2, 0.25) is 5.91 Å². The van der Waals surface area contributed by atoms with Gasteiger partial charge in [-0.3, -0.25) is 4.79 Å². The Balaban J connectivity index is 1.52. The van der Waals surface area contributed by atoms with Crippen LogP contribution in [0.25, 0.3) is 10.9 Å². The van der Waals surface area contributed by atoms with Gasteiger partial charge < -0.3 is 15.4 Å². The van der Waals surface area contributed by atoms with Gasteiger partial charge in [-0.2, -0.15) is 0 Å². The van der Waals surface area contributed by atoms with E-state index in [1.54, 1.807) is 12.3 Å². The minimum Gasteiger partial charge on any atom is -0.388 e. The third-order valence-electron chi connectivity index (χ3n) is 4.00. The van der Waals surface area contributed by atoms with E-state index in [-0.39, 0.29) is 18.1 Å². The number of rotatable bonds is 6. The lowest BCUT2D eigenvalue weighted by Crippen LogP contribution is -2.27. The molecule has 0 bridgehead atoms. The average Bonchev–Trinajstić information content (AvgIpc) is 2.97. The Hall–Kier alpha value is -2.66. The molecule has 1 aromatic heterocycles. The van der Waals surface area contributed by atoms with Gasteiger partial charge in [-0.05, 0) is 35.7 Å². The summed E-state index contributed by atoms with van der Waals surface area (Å²) in [6.07, 6.45) is 1.80. The lowest BCUT2D eigenvalue weighted by atomic mass is 10.1. The van der Waals surface area contributed by atoms with Gasteiger partial charge in [0.05, 0.1) is 12.5 Å². The Bertz CT molecular complexity index is 830. The zero-order chi connectivity index (χ0) is 16.9. The number of nitrogens with one attached hydrogen (secondary N) is 2. The van der Waals surface area contributed by atoms with Crippen molar-refractivity contribution in [3.8, 4) is 0 Å². The number of amides is 1. The van der Waals surface area contributed by atoms with E-state index in [0.29, 0.717) is 18.5 Å². The zero-order valence-electron chi connectivity index (χ0n) is 13.1. The van der Waals surface area contributed by atoms with Crippen molar-refractivity contribution < 1.29 is 14.3 Å². The summed E-state index contributed by atoms with van der Waals surface area (Å²) in [5.41, 5.74) is 2.34. The van der Waals surface area contributed by atoms with Crippen molar-refractivity contribution in [1.82, 2.24) is 10.3 Å². The molecule has 4 nitrogen and oxygen atoms in total. The van der Waals surface area contributed by atoms with Crippen molar-refractivity contribution in [3.63, 3.8) is 0 Å². The van der Waals surface area contributed by atoms with Crippen molar-refractivity contribution in [2.75, 3.05) is 6.54 Å². The molecule has 0 aliphatic heterocycles. The Kier molecular flexibility index (Phi) is 4.91. The predicted octanol–water partition coefficient (Wildman–Crippen LogP) is 3.09. The van der Waals surface area contributed by atoms with Crippen LogP contribution in [0, 0.1) is 5.82 Å². The van der Waals surface area contributed by atoms with E-state index in [0.717, 1.165) is 16.5 Å². The summed E-state index contributed by atoms with van der Waals surface area (Å²) in [4.78, 5) is 15.0. The number of carbonyl (C=O) groups is 1. The molecule has 2 aromatic carbocycles. The van der Waals surface area contributed by atoms with Crippen LogP contribution in [0.5, 0.6) is 0 Å². The fourth-order valence-corrected chi connectivity index (χ4v) is 2.73. The zero-order valence-corrected chi connectivity index (χ0v) is 13.1. The number of hydrogen-bond donors (Lipinski definition) is 3. The standard InChI is InChI=1S/C19H19FN2O2/c20-15-6-7-16-14(12-22-17(16)11-15)10-19(24)21-9-8-18(23)13-4-2-1-3-5-13/h1-7,11-12,18,22-23H,8-10H2,(H,21,24). The monoisotopic (exact) mass is 326 g/mol. The normalized spacial score (nSPS) is 12.2. The van der Waals surface area contributed by atoms with E-state index in [2.05, 4.69) is 10.3 Å². The van der Waals surface area contributed by atoms with Crippen LogP contribution in [0.4, 0.5) is 4.39 Å². The maximum Gasteiger partial charge on any atom is 0.224 e. The molecule has 0 aliphatic carbocycles. The smallest absolute Gasteiger partial charge is 0.224 e. The number of aromatic amines is 1. The molecule has 1 atom stereocenters. The molecule has 5 heteroatoms. The number of aromatic nitrogens is 1. The number of fused-ring (bicyclic) bond motifs is 1. The summed E-state index contributed by atoms with van der Waals surface area (Å²) in [5, 5.41) is 13.7. The summed E-state index contributed by atoms with van der Waals surface area (Å²) in [6.45, 7) is 0.395. The van der Waals surface area contributed by atoms with E-state index >= 15 is 0 Å². The van der Waals surface area contributed by atoms with E-state index in [1.165, 1.54) is 12.1 Å². The summed E-state index contributed by atoms with van der Waals surface area (Å²) in [6, 6.07) is 13.8. The third-order valence-corrected chi connectivity index (χ3v) is 4.00. The van der Waals surface area contributed by atoms with Gasteiger partial charge in [0.15, 0.2) is 0 Å². The third kappa shape index (κ3) is 3.81. The Morgan fingerprint density at radius 3 is 2.79 bits per heavy atom. The second-order valence-electron chi connectivity index (χ2n) is 5.75. The van der Waals surface area contributed by atoms with Crippen LogP contribution in [-0.4, -0.2) is 22.5 Å². The molecule has 1 amide bonds. The molecule has 0 saturated heterocycles. The number of benzene rings is 2. The highest BCUT2D eigenvalue weighted by Gasteiger charge is 2.11. The van der Waals surface area contributed by atoms with Crippen LogP contribution < -0.4 is 5.32 Å². The molecule has 1 unspecified atom stereocenters. The van der Waals surface area contributed by atoms with Crippen LogP contribution in [0.2, 0.25) is 0 Å². The van der Waals surface area contributed by atoms with E-state index in [9.17, 15) is 14.3 Å². The lowest BCUT2D eigenvalue weighted by molar-refractivity contribution is -0.120. The Labute approximate surface area is 139 Å². The minimum atomic E-state index is -0.595. The molecule has 1 heterocycles. The molecule has 0 radical (unpaired) electrons. The number of aliphatic hydroxyl groups excluding tert-OH is 1. The molecule has 124 valence electrons. The molecule has 3 aromatic rings. The molecule has 0 spiro atoms. The number of H-pyrrole nitrogens is 1. The number of hydrogen-bond acceptors (Lipinski definition) is 2. The highest BCUT2D eigenvalue weighted by atomic mass is 19.1. The molecule has 3 N–H and O–H groups in total. The summed E-state index contributed by atoms with van der Waals surface area (Å²) in [7, 11) is 0. The second-order valence-corrected chi connectivity index (χ2v) is 5.75. The summed E-state index contributed by atoms with van der Waals surface area (Å²) < 4.78 is 13.2. The number of aliphatic hydroxyl groups is 1. The molecule has 24 heavy (non-hydrogen) atoms. The van der Waals surface area contributed by atoms with Crippen LogP contribution in [0.1, 0.15) is 23.7 Å². The first-order valence-corrected chi connectivity index (χ1v) is 7.88. The Morgan fingerprint density at radius 1 is 1.21 bits per heavy atom. The highest BCUT2D eigenvalue weighted by molar-refractivity contribution is 5.88. The number of halogens is 1. The molecule has 0 fully saturated rings. The predicted molar refractivity (Wildman–Crippen MR) is 91.0 cm³/mol. The maximum atomic E-state index is 13.2. The summed E-state index contributed by atoms with van der Waals surface area (Å²) >= 11 is 0. The molecule has 0 saturated carbocycles. The lowest BCUT2D eigenvalue weighted by Gasteiger charge is -2.11. The fraction of sp³-hybridized carbons (Fsp3) is 0.211. The second kappa shape index (κ2) is 7.27. The first kappa shape index (κ1) is 16.2. The van der Waals surface area contributed by atoms with Gasteiger partial charge in [0.1, 0.15) is 5.82 Å². The number of carbonyl (C=O) groups excluding carboxylic acids is 1. The first-order chi connectivity index (χ1) is 11.6. The van der Waals surface area contributed by atoms with Gasteiger partial charge in [-0.1, -0.05) is 30.3 Å². The van der Waals surface area contributed by atoms with E-state index < -0.39 is 6.10 Å². The van der Waals surface area contributed by atoms with E-state index in [4.69, 9.17) is 0 Å². The minimum absolute atomic E-state index is 0.125. The maximum absolute atomic E-state index is 13.2. The van der Waals surface area contributed by atoms with Gasteiger partial charge in [-0.25, -0.2) is 4.39 Å². The molecule has 3 rings (SSSR count). The van der Waals surface area contributed by atoms with Gasteiger partial charge in [-0.15, -0.1) is 0 Å². The van der Waals surface area contributed by atoms with Crippen molar-refractivity contribution in [2.45, 2.75) is 18.9 Å². The van der Waals surface area contributed by atoms with Crippen LogP contribution in [0.15, 0.2) is 54.7 Å².